The molecule has 3 aromatic rings. The smallest absolute Gasteiger partial charge is 0.0782 e. The minimum absolute atomic E-state index is 1.01. The summed E-state index contributed by atoms with van der Waals surface area (Å²) in [6.45, 7) is 19.2. The lowest BCUT2D eigenvalue weighted by Crippen LogP contribution is -2.12. The Balaban J connectivity index is 2.38. The number of benzene rings is 3. The Hall–Kier alpha value is -2.93. The average Bonchev–Trinajstić information content (AvgIpc) is 2.65. The van der Waals surface area contributed by atoms with E-state index in [1.807, 2.05) is 0 Å². The molecule has 0 fully saturated rings. The summed E-state index contributed by atoms with van der Waals surface area (Å²) in [7, 11) is 0. The van der Waals surface area contributed by atoms with E-state index in [-0.39, 0.29) is 0 Å². The Morgan fingerprint density at radius 3 is 2.10 bits per heavy atom. The van der Waals surface area contributed by atoms with Crippen molar-refractivity contribution in [1.29, 1.82) is 0 Å². The van der Waals surface area contributed by atoms with Gasteiger partial charge in [0.15, 0.2) is 0 Å². The van der Waals surface area contributed by atoms with Crippen LogP contribution in [0.3, 0.4) is 0 Å². The molecular formula is C28H31N. The number of nitrogens with zero attached hydrogens (tertiary/aromatic N) is 1. The summed E-state index contributed by atoms with van der Waals surface area (Å²) in [6.07, 6.45) is 1.67. The Bertz CT molecular complexity index is 1130. The van der Waals surface area contributed by atoms with E-state index in [1.54, 1.807) is 6.20 Å². The van der Waals surface area contributed by atoms with E-state index < -0.39 is 0 Å². The van der Waals surface area contributed by atoms with E-state index in [2.05, 4.69) is 97.5 Å². The molecule has 0 atom stereocenters. The first-order valence-electron chi connectivity index (χ1n) is 10.2. The predicted octanol–water partition coefficient (Wildman–Crippen LogP) is 7.49. The molecule has 0 spiro atoms. The summed E-state index contributed by atoms with van der Waals surface area (Å²) in [5.41, 5.74) is 14.9. The highest BCUT2D eigenvalue weighted by molar-refractivity contribution is 6.16. The quantitative estimate of drug-likeness (QED) is 0.415. The van der Waals surface area contributed by atoms with Gasteiger partial charge in [-0.3, -0.25) is 4.99 Å². The van der Waals surface area contributed by atoms with Crippen LogP contribution in [0.15, 0.2) is 60.2 Å². The molecule has 0 bridgehead atoms. The summed E-state index contributed by atoms with van der Waals surface area (Å²) in [4.78, 5) is 4.80. The zero-order chi connectivity index (χ0) is 21.3. The molecule has 0 radical (unpaired) electrons. The zero-order valence-electron chi connectivity index (χ0n) is 18.8. The van der Waals surface area contributed by atoms with E-state index in [0.29, 0.717) is 0 Å². The molecule has 1 nitrogen and oxygen atoms in total. The molecule has 0 aromatic heterocycles. The molecule has 0 heterocycles. The van der Waals surface area contributed by atoms with E-state index >= 15 is 0 Å². The molecule has 1 heteroatoms. The fourth-order valence-corrected chi connectivity index (χ4v) is 4.46. The van der Waals surface area contributed by atoms with Crippen LogP contribution < -0.4 is 0 Å². The van der Waals surface area contributed by atoms with Gasteiger partial charge in [0, 0.05) is 17.3 Å². The first-order valence-corrected chi connectivity index (χ1v) is 10.2. The predicted molar refractivity (Wildman–Crippen MR) is 127 cm³/mol. The Labute approximate surface area is 175 Å². The summed E-state index contributed by atoms with van der Waals surface area (Å²) >= 11 is 0. The van der Waals surface area contributed by atoms with Gasteiger partial charge in [-0.25, -0.2) is 0 Å². The second kappa shape index (κ2) is 8.21. The van der Waals surface area contributed by atoms with Crippen LogP contribution >= 0.6 is 0 Å². The van der Waals surface area contributed by atoms with Crippen LogP contribution in [0.25, 0.3) is 11.1 Å². The highest BCUT2D eigenvalue weighted by atomic mass is 14.7. The molecule has 3 aromatic carbocycles. The van der Waals surface area contributed by atoms with Gasteiger partial charge >= 0.3 is 0 Å². The fourth-order valence-electron chi connectivity index (χ4n) is 4.46. The Morgan fingerprint density at radius 1 is 0.759 bits per heavy atom. The van der Waals surface area contributed by atoms with Crippen molar-refractivity contribution in [3.05, 3.63) is 105 Å². The van der Waals surface area contributed by atoms with Crippen molar-refractivity contribution in [1.82, 2.24) is 0 Å². The molecule has 0 aliphatic carbocycles. The molecule has 0 aliphatic heterocycles. The molecule has 148 valence electrons. The van der Waals surface area contributed by atoms with Crippen molar-refractivity contribution in [3.63, 3.8) is 0 Å². The average molecular weight is 382 g/mol. The highest BCUT2D eigenvalue weighted by Gasteiger charge is 2.20. The van der Waals surface area contributed by atoms with Crippen molar-refractivity contribution in [3.8, 4) is 11.1 Å². The number of rotatable bonds is 4. The third-order valence-corrected chi connectivity index (χ3v) is 5.91. The monoisotopic (exact) mass is 381 g/mol. The van der Waals surface area contributed by atoms with Gasteiger partial charge in [-0.1, -0.05) is 48.5 Å². The normalized spacial score (nSPS) is 11.6. The number of hydrogen-bond donors (Lipinski definition) is 0. The maximum atomic E-state index is 4.80. The molecule has 0 aliphatic rings. The molecule has 0 amide bonds. The van der Waals surface area contributed by atoms with Gasteiger partial charge in [-0.2, -0.15) is 0 Å². The van der Waals surface area contributed by atoms with Gasteiger partial charge in [0.2, 0.25) is 0 Å². The third-order valence-electron chi connectivity index (χ3n) is 5.91. The van der Waals surface area contributed by atoms with Crippen LogP contribution in [0.5, 0.6) is 0 Å². The SMILES string of the molecule is C=CN=C(c1cc(C)cc(C)c1C)c1c(C)cc(C)c(-c2ccccc2C)c1C. The van der Waals surface area contributed by atoms with E-state index in [0.717, 1.165) is 5.71 Å². The maximum absolute atomic E-state index is 4.80. The zero-order valence-corrected chi connectivity index (χ0v) is 18.8. The summed E-state index contributed by atoms with van der Waals surface area (Å²) in [5.74, 6) is 0. The van der Waals surface area contributed by atoms with Crippen LogP contribution in [-0.2, 0) is 0 Å². The van der Waals surface area contributed by atoms with Gasteiger partial charge in [-0.15, -0.1) is 0 Å². The lowest BCUT2D eigenvalue weighted by Gasteiger charge is -2.22. The van der Waals surface area contributed by atoms with Crippen LogP contribution in [0.4, 0.5) is 0 Å². The van der Waals surface area contributed by atoms with Crippen molar-refractivity contribution in [2.24, 2.45) is 4.99 Å². The minimum Gasteiger partial charge on any atom is -0.256 e. The van der Waals surface area contributed by atoms with Crippen LogP contribution in [-0.4, -0.2) is 5.71 Å². The molecule has 0 unspecified atom stereocenters. The molecule has 0 saturated heterocycles. The van der Waals surface area contributed by atoms with E-state index in [1.165, 1.54) is 61.2 Å². The maximum Gasteiger partial charge on any atom is 0.0782 e. The van der Waals surface area contributed by atoms with Crippen LogP contribution in [0.1, 0.15) is 50.1 Å². The molecule has 0 saturated carbocycles. The van der Waals surface area contributed by atoms with Crippen molar-refractivity contribution < 1.29 is 0 Å². The highest BCUT2D eigenvalue weighted by Crippen LogP contribution is 2.35. The lowest BCUT2D eigenvalue weighted by atomic mass is 9.83. The van der Waals surface area contributed by atoms with Gasteiger partial charge in [0.1, 0.15) is 0 Å². The Kier molecular flexibility index (Phi) is 5.88. The molecule has 0 N–H and O–H groups in total. The number of aliphatic imine (C=N–C) groups is 1. The second-order valence-electron chi connectivity index (χ2n) is 8.11. The lowest BCUT2D eigenvalue weighted by molar-refractivity contribution is 1.25. The van der Waals surface area contributed by atoms with Gasteiger partial charge < -0.3 is 0 Å². The largest absolute Gasteiger partial charge is 0.256 e. The molecule has 3 rings (SSSR count). The fraction of sp³-hybridized carbons (Fsp3) is 0.250. The number of aryl methyl sites for hydroxylation is 5. The summed E-state index contributed by atoms with van der Waals surface area (Å²) in [5, 5.41) is 0. The van der Waals surface area contributed by atoms with Crippen molar-refractivity contribution in [2.45, 2.75) is 48.5 Å². The van der Waals surface area contributed by atoms with Crippen LogP contribution in [0.2, 0.25) is 0 Å². The standard InChI is InChI=1S/C28H31N/c1-9-29-28(25-15-17(2)14-19(4)22(25)7)27-21(6)16-20(5)26(23(27)8)24-13-11-10-12-18(24)3/h9-16H,1H2,2-8H3. The van der Waals surface area contributed by atoms with Gasteiger partial charge in [-0.05, 0) is 99.0 Å². The van der Waals surface area contributed by atoms with Crippen molar-refractivity contribution in [2.75, 3.05) is 0 Å². The van der Waals surface area contributed by atoms with Crippen molar-refractivity contribution >= 4 is 5.71 Å². The second-order valence-corrected chi connectivity index (χ2v) is 8.11. The van der Waals surface area contributed by atoms with E-state index in [4.69, 9.17) is 4.99 Å². The first-order chi connectivity index (χ1) is 13.8. The molecule has 29 heavy (non-hydrogen) atoms. The van der Waals surface area contributed by atoms with E-state index in [9.17, 15) is 0 Å². The first kappa shape index (κ1) is 20.8. The summed E-state index contributed by atoms with van der Waals surface area (Å²) < 4.78 is 0. The minimum atomic E-state index is 1.01. The van der Waals surface area contributed by atoms with Crippen LogP contribution in [0, 0.1) is 48.5 Å². The third kappa shape index (κ3) is 3.82. The molecular weight excluding hydrogens is 350 g/mol. The van der Waals surface area contributed by atoms with Gasteiger partial charge in [0.05, 0.1) is 5.71 Å². The Morgan fingerprint density at radius 2 is 1.45 bits per heavy atom. The summed E-state index contributed by atoms with van der Waals surface area (Å²) in [6, 6.07) is 15.4. The topological polar surface area (TPSA) is 12.4 Å². The van der Waals surface area contributed by atoms with Gasteiger partial charge in [0.25, 0.3) is 0 Å². The number of hydrogen-bond acceptors (Lipinski definition) is 1.